The number of nitrogens with one attached hydrogen (secondary N) is 1. The number of halogens is 3. The van der Waals surface area contributed by atoms with Crippen molar-refractivity contribution in [3.8, 4) is 0 Å². The van der Waals surface area contributed by atoms with Gasteiger partial charge in [0.2, 0.25) is 0 Å². The molecule has 0 saturated heterocycles. The molecule has 0 spiro atoms. The summed E-state index contributed by atoms with van der Waals surface area (Å²) in [5.41, 5.74) is -1.55. The minimum absolute atomic E-state index is 0.0251. The van der Waals surface area contributed by atoms with Crippen LogP contribution in [-0.4, -0.2) is 22.5 Å². The molecule has 3 rings (SSSR count). The number of pyridine rings is 1. The first kappa shape index (κ1) is 23.0. The maximum atomic E-state index is 13.7. The number of nitro groups is 1. The topological polar surface area (TPSA) is 94.4 Å². The highest BCUT2D eigenvalue weighted by Gasteiger charge is 2.46. The van der Waals surface area contributed by atoms with Crippen molar-refractivity contribution in [2.75, 3.05) is 6.61 Å². The lowest BCUT2D eigenvalue weighted by Crippen LogP contribution is -2.33. The van der Waals surface area contributed by atoms with Crippen molar-refractivity contribution < 1.29 is 27.6 Å². The zero-order valence-corrected chi connectivity index (χ0v) is 17.3. The second kappa shape index (κ2) is 9.21. The molecule has 0 unspecified atom stereocenters. The van der Waals surface area contributed by atoms with Crippen LogP contribution in [0.5, 0.6) is 0 Å². The van der Waals surface area contributed by atoms with Crippen LogP contribution in [0.25, 0.3) is 0 Å². The quantitative estimate of drug-likeness (QED) is 0.402. The van der Waals surface area contributed by atoms with Crippen LogP contribution in [0.15, 0.2) is 71.3 Å². The van der Waals surface area contributed by atoms with Gasteiger partial charge in [0.15, 0.2) is 0 Å². The van der Waals surface area contributed by atoms with Crippen molar-refractivity contribution >= 4 is 5.97 Å². The Morgan fingerprint density at radius 3 is 2.47 bits per heavy atom. The number of benzene rings is 1. The van der Waals surface area contributed by atoms with E-state index >= 15 is 0 Å². The van der Waals surface area contributed by atoms with Gasteiger partial charge in [0.1, 0.15) is 5.92 Å². The Labute approximate surface area is 181 Å². The van der Waals surface area contributed by atoms with E-state index in [0.717, 1.165) is 23.9 Å². The van der Waals surface area contributed by atoms with Gasteiger partial charge in [-0.25, -0.2) is 4.79 Å². The fourth-order valence-corrected chi connectivity index (χ4v) is 3.63. The van der Waals surface area contributed by atoms with Crippen LogP contribution in [0.4, 0.5) is 13.2 Å². The Morgan fingerprint density at radius 2 is 1.84 bits per heavy atom. The fourth-order valence-electron chi connectivity index (χ4n) is 3.63. The van der Waals surface area contributed by atoms with Gasteiger partial charge in [0, 0.05) is 18.3 Å². The number of hydrogen-bond acceptors (Lipinski definition) is 6. The lowest BCUT2D eigenvalue weighted by atomic mass is 9.85. The maximum absolute atomic E-state index is 13.7. The third kappa shape index (κ3) is 4.79. The number of aromatic nitrogens is 1. The van der Waals surface area contributed by atoms with E-state index in [1.165, 1.54) is 13.8 Å². The monoisotopic (exact) mass is 447 g/mol. The van der Waals surface area contributed by atoms with Gasteiger partial charge in [0.05, 0.1) is 34.1 Å². The van der Waals surface area contributed by atoms with E-state index in [9.17, 15) is 28.1 Å². The molecule has 1 aromatic carbocycles. The number of nitrogens with zero attached hydrogens (tertiary/aromatic N) is 2. The van der Waals surface area contributed by atoms with Crippen LogP contribution in [-0.2, 0) is 22.1 Å². The van der Waals surface area contributed by atoms with Crippen LogP contribution in [0.2, 0.25) is 0 Å². The normalized spacial score (nSPS) is 16.6. The van der Waals surface area contributed by atoms with E-state index < -0.39 is 39.9 Å². The molecule has 32 heavy (non-hydrogen) atoms. The molecule has 0 amide bonds. The number of hydrogen-bond donors (Lipinski definition) is 1. The highest BCUT2D eigenvalue weighted by atomic mass is 19.4. The number of carbonyl (C=O) groups is 1. The van der Waals surface area contributed by atoms with E-state index in [0.29, 0.717) is 6.42 Å². The molecule has 2 aromatic rings. The molecular weight excluding hydrogens is 427 g/mol. The summed E-state index contributed by atoms with van der Waals surface area (Å²) in [6.07, 6.45) is -3.33. The van der Waals surface area contributed by atoms with E-state index in [-0.39, 0.29) is 23.6 Å². The first-order valence-electron chi connectivity index (χ1n) is 9.67. The highest BCUT2D eigenvalue weighted by Crippen LogP contribution is 2.43. The van der Waals surface area contributed by atoms with Crippen molar-refractivity contribution in [3.63, 3.8) is 0 Å². The second-order valence-electron chi connectivity index (χ2n) is 7.17. The Morgan fingerprint density at radius 1 is 1.16 bits per heavy atom. The molecule has 0 radical (unpaired) electrons. The molecule has 1 N–H and O–H groups in total. The number of dihydropyridines is 1. The minimum atomic E-state index is -4.82. The molecule has 0 bridgehead atoms. The van der Waals surface area contributed by atoms with Crippen LogP contribution >= 0.6 is 0 Å². The smallest absolute Gasteiger partial charge is 0.418 e. The second-order valence-corrected chi connectivity index (χ2v) is 7.17. The summed E-state index contributed by atoms with van der Waals surface area (Å²) < 4.78 is 46.3. The predicted octanol–water partition coefficient (Wildman–Crippen LogP) is 4.36. The number of ether oxygens (including phenoxy) is 1. The molecule has 168 valence electrons. The SMILES string of the molecule is CC1=C(C(=O)OCCc2ccccc2)[C@@H](c2ncccc2C(F)(F)F)C([N+](=O)[O-])=C(C)N1. The van der Waals surface area contributed by atoms with Crippen LogP contribution in [0.3, 0.4) is 0 Å². The van der Waals surface area contributed by atoms with Gasteiger partial charge in [-0.2, -0.15) is 13.2 Å². The zero-order valence-electron chi connectivity index (χ0n) is 17.3. The molecule has 10 heteroatoms. The van der Waals surface area contributed by atoms with Crippen molar-refractivity contribution in [3.05, 3.63) is 98.3 Å². The van der Waals surface area contributed by atoms with Crippen LogP contribution in [0, 0.1) is 10.1 Å². The number of allylic oxidation sites excluding steroid dienone is 3. The van der Waals surface area contributed by atoms with Crippen LogP contribution < -0.4 is 5.32 Å². The van der Waals surface area contributed by atoms with Gasteiger partial charge < -0.3 is 10.1 Å². The molecule has 1 aromatic heterocycles. The molecular formula is C22H20F3N3O4. The van der Waals surface area contributed by atoms with Gasteiger partial charge in [-0.15, -0.1) is 0 Å². The Kier molecular flexibility index (Phi) is 6.61. The Bertz CT molecular complexity index is 1100. The fraction of sp³-hybridized carbons (Fsp3) is 0.273. The van der Waals surface area contributed by atoms with E-state index in [2.05, 4.69) is 10.3 Å². The summed E-state index contributed by atoms with van der Waals surface area (Å²) in [6, 6.07) is 11.0. The minimum Gasteiger partial charge on any atom is -0.462 e. The average molecular weight is 447 g/mol. The third-order valence-electron chi connectivity index (χ3n) is 5.03. The molecule has 7 nitrogen and oxygen atoms in total. The molecule has 0 aliphatic carbocycles. The molecule has 1 atom stereocenters. The number of carbonyl (C=O) groups excluding carboxylic acids is 1. The van der Waals surface area contributed by atoms with Gasteiger partial charge in [-0.05, 0) is 31.5 Å². The van der Waals surface area contributed by atoms with Gasteiger partial charge in [-0.1, -0.05) is 30.3 Å². The number of rotatable bonds is 6. The Hall–Kier alpha value is -3.69. The average Bonchev–Trinajstić information content (AvgIpc) is 2.73. The summed E-state index contributed by atoms with van der Waals surface area (Å²) in [5, 5.41) is 14.5. The highest BCUT2D eigenvalue weighted by molar-refractivity contribution is 5.92. The molecule has 1 aliphatic rings. The van der Waals surface area contributed by atoms with E-state index in [1.807, 2.05) is 30.3 Å². The van der Waals surface area contributed by atoms with Crippen molar-refractivity contribution in [1.29, 1.82) is 0 Å². The largest absolute Gasteiger partial charge is 0.462 e. The summed E-state index contributed by atoms with van der Waals surface area (Å²) in [4.78, 5) is 27.8. The molecule has 2 heterocycles. The Balaban J connectivity index is 2.01. The lowest BCUT2D eigenvalue weighted by molar-refractivity contribution is -0.431. The summed E-state index contributed by atoms with van der Waals surface area (Å²) >= 11 is 0. The summed E-state index contributed by atoms with van der Waals surface area (Å²) in [5.74, 6) is -2.59. The third-order valence-corrected chi connectivity index (χ3v) is 5.03. The van der Waals surface area contributed by atoms with Gasteiger partial charge >= 0.3 is 12.1 Å². The maximum Gasteiger partial charge on any atom is 0.418 e. The van der Waals surface area contributed by atoms with Crippen molar-refractivity contribution in [1.82, 2.24) is 10.3 Å². The molecule has 0 saturated carbocycles. The van der Waals surface area contributed by atoms with Gasteiger partial charge in [0.25, 0.3) is 5.70 Å². The standard InChI is InChI=1S/C22H20F3N3O4/c1-13-17(21(29)32-12-10-15-7-4-3-5-8-15)18(20(28(30)31)14(2)27-13)19-16(22(23,24)25)9-6-11-26-19/h3-9,11,18,27H,10,12H2,1-2H3/t18-/m0/s1. The summed E-state index contributed by atoms with van der Waals surface area (Å²) in [7, 11) is 0. The van der Waals surface area contributed by atoms with Crippen molar-refractivity contribution in [2.24, 2.45) is 0 Å². The first-order chi connectivity index (χ1) is 15.1. The molecule has 1 aliphatic heterocycles. The van der Waals surface area contributed by atoms with Crippen LogP contribution in [0.1, 0.15) is 36.6 Å². The van der Waals surface area contributed by atoms with Crippen molar-refractivity contribution in [2.45, 2.75) is 32.4 Å². The predicted molar refractivity (Wildman–Crippen MR) is 109 cm³/mol. The number of esters is 1. The first-order valence-corrected chi connectivity index (χ1v) is 9.67. The van der Waals surface area contributed by atoms with E-state index in [1.54, 1.807) is 0 Å². The van der Waals surface area contributed by atoms with Gasteiger partial charge in [-0.3, -0.25) is 15.1 Å². The van der Waals surface area contributed by atoms with E-state index in [4.69, 9.17) is 4.74 Å². The zero-order chi connectivity index (χ0) is 23.5. The summed E-state index contributed by atoms with van der Waals surface area (Å²) in [6.45, 7) is 2.77. The molecule has 0 fully saturated rings. The number of alkyl halides is 3. The lowest BCUT2D eigenvalue weighted by Gasteiger charge is -2.27.